The van der Waals surface area contributed by atoms with Crippen LogP contribution in [0, 0.1) is 24.7 Å². The Morgan fingerprint density at radius 3 is 2.63 bits per heavy atom. The van der Waals surface area contributed by atoms with Gasteiger partial charge >= 0.3 is 6.09 Å². The number of rotatable bonds is 7. The Labute approximate surface area is 287 Å². The highest BCUT2D eigenvalue weighted by atomic mass is 32.2. The van der Waals surface area contributed by atoms with Crippen LogP contribution in [0.4, 0.5) is 10.5 Å². The summed E-state index contributed by atoms with van der Waals surface area (Å²) in [5, 5.41) is 5.12. The molecule has 2 heterocycles. The van der Waals surface area contributed by atoms with E-state index >= 15 is 0 Å². The van der Waals surface area contributed by atoms with E-state index in [1.807, 2.05) is 62.4 Å². The van der Waals surface area contributed by atoms with Crippen molar-refractivity contribution in [3.8, 4) is 11.3 Å². The Balaban J connectivity index is 1.21. The largest absolute Gasteiger partial charge is 0.446 e. The fraction of sp³-hybridized carbons (Fsp3) is 0.528. The zero-order valence-electron chi connectivity index (χ0n) is 28.2. The Bertz CT molecular complexity index is 1770. The summed E-state index contributed by atoms with van der Waals surface area (Å²) in [5.41, 5.74) is 2.38. The van der Waals surface area contributed by atoms with Gasteiger partial charge in [-0.2, -0.15) is 0 Å². The molecule has 0 saturated heterocycles. The summed E-state index contributed by atoms with van der Waals surface area (Å²) in [6.45, 7) is 4.45. The van der Waals surface area contributed by atoms with Crippen LogP contribution in [0.1, 0.15) is 69.5 Å². The lowest BCUT2D eigenvalue weighted by Crippen LogP contribution is -2.54. The van der Waals surface area contributed by atoms with E-state index in [0.29, 0.717) is 30.8 Å². The molecule has 12 nitrogen and oxygen atoms in total. The van der Waals surface area contributed by atoms with E-state index in [1.165, 1.54) is 0 Å². The van der Waals surface area contributed by atoms with Crippen LogP contribution in [-0.4, -0.2) is 72.6 Å². The molecule has 0 unspecified atom stereocenters. The summed E-state index contributed by atoms with van der Waals surface area (Å²) < 4.78 is 33.4. The molecule has 3 saturated carbocycles. The molecule has 3 fully saturated rings. The maximum absolute atomic E-state index is 14.0. The first-order valence-electron chi connectivity index (χ1n) is 17.2. The van der Waals surface area contributed by atoms with Gasteiger partial charge in [0.25, 0.3) is 5.91 Å². The van der Waals surface area contributed by atoms with Gasteiger partial charge in [-0.25, -0.2) is 13.2 Å². The molecule has 0 spiro atoms. The lowest BCUT2D eigenvalue weighted by atomic mass is 9.93. The first-order chi connectivity index (χ1) is 23.4. The van der Waals surface area contributed by atoms with E-state index in [4.69, 9.17) is 9.72 Å². The third kappa shape index (κ3) is 7.66. The van der Waals surface area contributed by atoms with E-state index < -0.39 is 56.7 Å². The number of nitrogens with zero attached hydrogens (tertiary/aromatic N) is 2. The van der Waals surface area contributed by atoms with Crippen LogP contribution in [0.25, 0.3) is 11.3 Å². The van der Waals surface area contributed by atoms with Crippen molar-refractivity contribution in [1.29, 1.82) is 0 Å². The van der Waals surface area contributed by atoms with E-state index in [1.54, 1.807) is 11.9 Å². The molecule has 262 valence electrons. The maximum atomic E-state index is 14.0. The molecular formula is C36H45N5O7S. The average Bonchev–Trinajstić information content (AvgIpc) is 3.99. The molecule has 0 bridgehead atoms. The fourth-order valence-corrected chi connectivity index (χ4v) is 8.36. The second-order valence-corrected chi connectivity index (χ2v) is 15.8. The van der Waals surface area contributed by atoms with Gasteiger partial charge in [-0.05, 0) is 88.5 Å². The summed E-state index contributed by atoms with van der Waals surface area (Å²) in [6.07, 6.45) is 6.87. The molecule has 3 aliphatic carbocycles. The number of amides is 4. The highest BCUT2D eigenvalue weighted by molar-refractivity contribution is 7.91. The van der Waals surface area contributed by atoms with Crippen molar-refractivity contribution in [2.75, 3.05) is 18.9 Å². The Hall–Kier alpha value is -4.26. The minimum Gasteiger partial charge on any atom is -0.446 e. The van der Waals surface area contributed by atoms with Gasteiger partial charge in [-0.3, -0.25) is 29.4 Å². The molecule has 5 atom stereocenters. The molecule has 49 heavy (non-hydrogen) atoms. The van der Waals surface area contributed by atoms with Crippen molar-refractivity contribution in [3.63, 3.8) is 0 Å². The molecule has 1 aromatic carbocycles. The van der Waals surface area contributed by atoms with E-state index in [2.05, 4.69) is 15.4 Å². The Kier molecular flexibility index (Phi) is 9.83. The van der Waals surface area contributed by atoms with Crippen LogP contribution in [0.5, 0.6) is 0 Å². The number of benzene rings is 1. The first-order valence-corrected chi connectivity index (χ1v) is 18.8. The van der Waals surface area contributed by atoms with Crippen molar-refractivity contribution >= 4 is 39.5 Å². The number of sulfonamides is 1. The summed E-state index contributed by atoms with van der Waals surface area (Å²) >= 11 is 0. The quantitative estimate of drug-likeness (QED) is 0.363. The summed E-state index contributed by atoms with van der Waals surface area (Å²) in [7, 11) is -2.14. The van der Waals surface area contributed by atoms with Crippen molar-refractivity contribution in [2.45, 2.75) is 88.5 Å². The van der Waals surface area contributed by atoms with Crippen LogP contribution < -0.4 is 15.4 Å². The molecule has 6 rings (SSSR count). The van der Waals surface area contributed by atoms with Crippen molar-refractivity contribution in [2.24, 2.45) is 17.8 Å². The zero-order valence-corrected chi connectivity index (χ0v) is 29.1. The number of allylic oxidation sites excluding steroid dienone is 1. The predicted octanol–water partition coefficient (Wildman–Crippen LogP) is 4.24. The smallest absolute Gasteiger partial charge is 0.411 e. The standard InChI is InChI=1S/C36H45N5O7S/c1-4-24-11-9-12-30(37-24)27-16-13-22(2)18-31(27)38-35(45)48-25-19-28-29(20-25)33(43)41(3)17-8-6-5-7-10-23-21-36(23,39-32(28)42)34(44)40-49(46,47)26-14-15-26/h7,9-13,16,18,23,25-26,28-29H,4-6,8,14-15,17,19-21H2,1-3H3,(H,38,45)(H,39,42)(H,40,44)/b10-7-/t23-,25+,28+,29+,36+/m0/s1. The number of ether oxygens (including phenoxy) is 1. The van der Waals surface area contributed by atoms with Crippen LogP contribution in [0.3, 0.4) is 0 Å². The number of aromatic nitrogens is 1. The Morgan fingerprint density at radius 1 is 1.10 bits per heavy atom. The lowest BCUT2D eigenvalue weighted by Gasteiger charge is -2.26. The molecule has 13 heteroatoms. The molecule has 0 radical (unpaired) electrons. The Morgan fingerprint density at radius 2 is 1.88 bits per heavy atom. The van der Waals surface area contributed by atoms with Crippen molar-refractivity contribution in [3.05, 3.63) is 59.8 Å². The normalized spacial score (nSPS) is 27.9. The van der Waals surface area contributed by atoms with E-state index in [-0.39, 0.29) is 31.1 Å². The van der Waals surface area contributed by atoms with Crippen LogP contribution in [0.2, 0.25) is 0 Å². The maximum Gasteiger partial charge on any atom is 0.411 e. The summed E-state index contributed by atoms with van der Waals surface area (Å²) in [4.78, 5) is 60.9. The van der Waals surface area contributed by atoms with E-state index in [9.17, 15) is 27.6 Å². The number of hydrogen-bond acceptors (Lipinski definition) is 8. The third-order valence-electron chi connectivity index (χ3n) is 10.1. The third-order valence-corrected chi connectivity index (χ3v) is 11.9. The van der Waals surface area contributed by atoms with Gasteiger partial charge in [-0.15, -0.1) is 0 Å². The second-order valence-electron chi connectivity index (χ2n) is 13.9. The molecule has 1 aromatic heterocycles. The van der Waals surface area contributed by atoms with Crippen LogP contribution in [0.15, 0.2) is 48.6 Å². The molecule has 4 aliphatic rings. The minimum absolute atomic E-state index is 0.0723. The lowest BCUT2D eigenvalue weighted by molar-refractivity contribution is -0.140. The monoisotopic (exact) mass is 691 g/mol. The van der Waals surface area contributed by atoms with Crippen molar-refractivity contribution < 1.29 is 32.3 Å². The topological polar surface area (TPSA) is 164 Å². The summed E-state index contributed by atoms with van der Waals surface area (Å²) in [6, 6.07) is 11.4. The minimum atomic E-state index is -3.84. The molecular weight excluding hydrogens is 646 g/mol. The van der Waals surface area contributed by atoms with Crippen LogP contribution in [-0.2, 0) is 35.6 Å². The van der Waals surface area contributed by atoms with Crippen LogP contribution >= 0.6 is 0 Å². The highest BCUT2D eigenvalue weighted by Crippen LogP contribution is 2.47. The number of anilines is 1. The second kappa shape index (κ2) is 13.9. The number of aryl methyl sites for hydroxylation is 2. The molecule has 2 aromatic rings. The van der Waals surface area contributed by atoms with Gasteiger partial charge in [0.1, 0.15) is 11.6 Å². The number of carbonyl (C=O) groups is 4. The number of carbonyl (C=O) groups excluding carboxylic acids is 4. The zero-order chi connectivity index (χ0) is 34.9. The van der Waals surface area contributed by atoms with Gasteiger partial charge in [-0.1, -0.05) is 37.3 Å². The van der Waals surface area contributed by atoms with Crippen molar-refractivity contribution in [1.82, 2.24) is 19.9 Å². The number of pyridine rings is 1. The van der Waals surface area contributed by atoms with Gasteiger partial charge in [0, 0.05) is 30.8 Å². The van der Waals surface area contributed by atoms with Gasteiger partial charge in [0.15, 0.2) is 0 Å². The number of fused-ring (bicyclic) bond motifs is 2. The SMILES string of the molecule is CCc1cccc(-c2ccc(C)cc2NC(=O)O[C@@H]2C[C@H]3C(=O)N[C@]4(C(=O)NS(=O)(=O)C5CC5)C[C@@H]4/C=C\CCCCN(C)C(=O)[C@@H]3C2)n1. The summed E-state index contributed by atoms with van der Waals surface area (Å²) in [5.74, 6) is -3.57. The fourth-order valence-electron chi connectivity index (χ4n) is 6.99. The van der Waals surface area contributed by atoms with Gasteiger partial charge in [0.05, 0.1) is 28.5 Å². The molecule has 1 aliphatic heterocycles. The first kappa shape index (κ1) is 34.6. The number of hydrogen-bond donors (Lipinski definition) is 3. The predicted molar refractivity (Wildman–Crippen MR) is 184 cm³/mol. The average molecular weight is 692 g/mol. The number of nitrogens with one attached hydrogen (secondary N) is 3. The molecule has 4 amide bonds. The van der Waals surface area contributed by atoms with Gasteiger partial charge < -0.3 is 15.0 Å². The van der Waals surface area contributed by atoms with E-state index in [0.717, 1.165) is 42.5 Å². The van der Waals surface area contributed by atoms with Gasteiger partial charge in [0.2, 0.25) is 21.8 Å². The molecule has 3 N–H and O–H groups in total. The highest BCUT2D eigenvalue weighted by Gasteiger charge is 2.62.